The lowest BCUT2D eigenvalue weighted by Gasteiger charge is -2.32. The number of nitrogens with zero attached hydrogens (tertiary/aromatic N) is 4. The molecule has 2 aromatic carbocycles. The summed E-state index contributed by atoms with van der Waals surface area (Å²) in [7, 11) is 1.60. The van der Waals surface area contributed by atoms with Crippen molar-refractivity contribution in [2.45, 2.75) is 38.8 Å². The average Bonchev–Trinajstić information content (AvgIpc) is 3.26. The monoisotopic (exact) mass is 495 g/mol. The van der Waals surface area contributed by atoms with E-state index in [4.69, 9.17) is 9.47 Å². The third-order valence-corrected chi connectivity index (χ3v) is 6.39. The number of anilines is 1. The zero-order valence-electron chi connectivity index (χ0n) is 17.8. The van der Waals surface area contributed by atoms with E-state index in [0.717, 1.165) is 34.1 Å². The Balaban J connectivity index is 1.53. The Kier molecular flexibility index (Phi) is 5.42. The van der Waals surface area contributed by atoms with E-state index in [1.807, 2.05) is 24.3 Å². The van der Waals surface area contributed by atoms with Crippen molar-refractivity contribution in [2.75, 3.05) is 12.4 Å². The van der Waals surface area contributed by atoms with Gasteiger partial charge in [0.15, 0.2) is 17.3 Å². The predicted molar refractivity (Wildman–Crippen MR) is 122 cm³/mol. The van der Waals surface area contributed by atoms with Gasteiger partial charge in [0, 0.05) is 17.7 Å². The van der Waals surface area contributed by atoms with Crippen LogP contribution in [0.25, 0.3) is 0 Å². The summed E-state index contributed by atoms with van der Waals surface area (Å²) < 4.78 is 14.1. The number of carbonyl (C=O) groups excluding carboxylic acids is 1. The van der Waals surface area contributed by atoms with E-state index in [9.17, 15) is 4.79 Å². The van der Waals surface area contributed by atoms with Crippen LogP contribution in [-0.4, -0.2) is 33.1 Å². The number of ketones is 1. The summed E-state index contributed by atoms with van der Waals surface area (Å²) >= 11 is 3.64. The Labute approximate surface area is 193 Å². The third-order valence-electron chi connectivity index (χ3n) is 5.80. The number of carbonyl (C=O) groups is 1. The van der Waals surface area contributed by atoms with Gasteiger partial charge in [-0.1, -0.05) is 34.9 Å². The molecule has 2 aliphatic rings. The molecule has 5 rings (SSSR count). The molecule has 164 valence electrons. The van der Waals surface area contributed by atoms with Crippen molar-refractivity contribution >= 4 is 27.7 Å². The number of benzene rings is 2. The van der Waals surface area contributed by atoms with Crippen molar-refractivity contribution in [1.82, 2.24) is 20.2 Å². The highest BCUT2D eigenvalue weighted by Crippen LogP contribution is 2.44. The summed E-state index contributed by atoms with van der Waals surface area (Å²) in [5, 5.41) is 15.3. The van der Waals surface area contributed by atoms with Crippen molar-refractivity contribution < 1.29 is 14.3 Å². The summed E-state index contributed by atoms with van der Waals surface area (Å²) in [6.45, 7) is 2.46. The van der Waals surface area contributed by atoms with Gasteiger partial charge in [-0.2, -0.15) is 4.68 Å². The number of nitrogens with one attached hydrogen (secondary N) is 1. The van der Waals surface area contributed by atoms with Crippen molar-refractivity contribution in [3.63, 3.8) is 0 Å². The predicted octanol–water partition coefficient (Wildman–Crippen LogP) is 4.35. The van der Waals surface area contributed by atoms with Crippen molar-refractivity contribution in [3.05, 3.63) is 68.8 Å². The summed E-state index contributed by atoms with van der Waals surface area (Å²) in [5.74, 6) is 1.81. The lowest BCUT2D eigenvalue weighted by atomic mass is 9.85. The van der Waals surface area contributed by atoms with Crippen LogP contribution in [0.15, 0.2) is 52.1 Å². The molecule has 0 radical (unpaired) electrons. The minimum atomic E-state index is -0.430. The third kappa shape index (κ3) is 3.66. The molecular weight excluding hydrogens is 474 g/mol. The maximum atomic E-state index is 12.9. The fourth-order valence-corrected chi connectivity index (χ4v) is 4.78. The summed E-state index contributed by atoms with van der Waals surface area (Å²) in [5.41, 5.74) is 4.70. The topological polar surface area (TPSA) is 91.2 Å². The van der Waals surface area contributed by atoms with Gasteiger partial charge in [0.25, 0.3) is 0 Å². The lowest BCUT2D eigenvalue weighted by molar-refractivity contribution is -0.116. The summed E-state index contributed by atoms with van der Waals surface area (Å²) in [4.78, 5) is 12.9. The molecule has 1 aliphatic heterocycles. The van der Waals surface area contributed by atoms with Gasteiger partial charge in [0.05, 0.1) is 11.6 Å². The van der Waals surface area contributed by atoms with E-state index in [-0.39, 0.29) is 5.78 Å². The Morgan fingerprint density at radius 1 is 1.22 bits per heavy atom. The van der Waals surface area contributed by atoms with Crippen LogP contribution in [0.5, 0.6) is 11.5 Å². The molecule has 8 nitrogen and oxygen atoms in total. The maximum Gasteiger partial charge on any atom is 0.248 e. The second kappa shape index (κ2) is 8.38. The largest absolute Gasteiger partial charge is 0.493 e. The number of Topliss-reactive ketones (excluding diaryl/α,β-unsaturated/α-hetero) is 1. The van der Waals surface area contributed by atoms with E-state index in [1.165, 1.54) is 5.56 Å². The minimum absolute atomic E-state index is 0.111. The second-order valence-electron chi connectivity index (χ2n) is 7.95. The zero-order valence-corrected chi connectivity index (χ0v) is 19.3. The van der Waals surface area contributed by atoms with Crippen LogP contribution in [-0.2, 0) is 11.4 Å². The number of methoxy groups -OCH3 is 1. The van der Waals surface area contributed by atoms with Crippen molar-refractivity contribution in [1.29, 1.82) is 0 Å². The first-order valence-corrected chi connectivity index (χ1v) is 11.2. The van der Waals surface area contributed by atoms with E-state index in [0.29, 0.717) is 36.0 Å². The average molecular weight is 496 g/mol. The fourth-order valence-electron chi connectivity index (χ4n) is 4.20. The number of aryl methyl sites for hydroxylation is 1. The van der Waals surface area contributed by atoms with Gasteiger partial charge in [-0.25, -0.2) is 0 Å². The Morgan fingerprint density at radius 3 is 2.81 bits per heavy atom. The molecule has 0 saturated carbocycles. The quantitative estimate of drug-likeness (QED) is 0.562. The number of tetrazole rings is 1. The second-order valence-corrected chi connectivity index (χ2v) is 8.81. The fraction of sp³-hybridized carbons (Fsp3) is 0.304. The number of hydrogen-bond acceptors (Lipinski definition) is 7. The normalized spacial score (nSPS) is 17.5. The highest BCUT2D eigenvalue weighted by molar-refractivity contribution is 9.10. The zero-order chi connectivity index (χ0) is 22.2. The number of halogens is 1. The van der Waals surface area contributed by atoms with Gasteiger partial charge in [-0.15, -0.1) is 0 Å². The van der Waals surface area contributed by atoms with Crippen LogP contribution < -0.4 is 14.8 Å². The molecule has 0 saturated heterocycles. The first-order valence-electron chi connectivity index (χ1n) is 10.4. The molecule has 1 N–H and O–H groups in total. The lowest BCUT2D eigenvalue weighted by Crippen LogP contribution is -2.31. The number of hydrogen-bond donors (Lipinski definition) is 1. The molecule has 1 atom stereocenters. The van der Waals surface area contributed by atoms with Gasteiger partial charge in [-0.3, -0.25) is 4.79 Å². The number of ether oxygens (including phenoxy) is 2. The Hall–Kier alpha value is -3.20. The molecule has 2 heterocycles. The van der Waals surface area contributed by atoms with Gasteiger partial charge in [-0.05, 0) is 69.4 Å². The highest BCUT2D eigenvalue weighted by atomic mass is 79.9. The molecule has 1 unspecified atom stereocenters. The summed E-state index contributed by atoms with van der Waals surface area (Å²) in [6.07, 6.45) is 2.13. The van der Waals surface area contributed by atoms with Crippen LogP contribution in [0.4, 0.5) is 5.95 Å². The van der Waals surface area contributed by atoms with Gasteiger partial charge in [0.1, 0.15) is 12.6 Å². The molecule has 0 spiro atoms. The molecule has 3 aromatic rings. The molecule has 1 aliphatic carbocycles. The van der Waals surface area contributed by atoms with E-state index >= 15 is 0 Å². The van der Waals surface area contributed by atoms with Crippen LogP contribution in [0, 0.1) is 6.92 Å². The standard InChI is InChI=1S/C23H22BrN5O3/c1-13-6-8-14(9-7-13)12-32-22-16(24)10-15(11-19(22)31-2)21-20-17(4-3-5-18(20)30)25-23-26-27-28-29(21)23/h6-11,21H,3-5,12H2,1-2H3,(H,25,26,28). The highest BCUT2D eigenvalue weighted by Gasteiger charge is 2.37. The van der Waals surface area contributed by atoms with Gasteiger partial charge < -0.3 is 14.8 Å². The van der Waals surface area contributed by atoms with E-state index < -0.39 is 6.04 Å². The molecule has 9 heteroatoms. The molecule has 32 heavy (non-hydrogen) atoms. The molecule has 0 bridgehead atoms. The molecule has 0 fully saturated rings. The maximum absolute atomic E-state index is 12.9. The SMILES string of the molecule is COc1cc(C2C3=C(CCCC3=O)Nc3nnnn32)cc(Br)c1OCc1ccc(C)cc1. The summed E-state index contributed by atoms with van der Waals surface area (Å²) in [6, 6.07) is 11.6. The van der Waals surface area contributed by atoms with Gasteiger partial charge in [0.2, 0.25) is 5.95 Å². The molecule has 0 amide bonds. The van der Waals surface area contributed by atoms with Gasteiger partial charge >= 0.3 is 0 Å². The van der Waals surface area contributed by atoms with Crippen LogP contribution in [0.1, 0.15) is 42.0 Å². The van der Waals surface area contributed by atoms with Crippen molar-refractivity contribution in [3.8, 4) is 11.5 Å². The van der Waals surface area contributed by atoms with E-state index in [2.05, 4.69) is 55.8 Å². The number of allylic oxidation sites excluding steroid dienone is 2. The number of rotatable bonds is 5. The molecular formula is C23H22BrN5O3. The van der Waals surface area contributed by atoms with E-state index in [1.54, 1.807) is 11.8 Å². The Bertz CT molecular complexity index is 1220. The van der Waals surface area contributed by atoms with Crippen LogP contribution in [0.2, 0.25) is 0 Å². The van der Waals surface area contributed by atoms with Crippen molar-refractivity contribution in [2.24, 2.45) is 0 Å². The smallest absolute Gasteiger partial charge is 0.248 e. The number of aromatic nitrogens is 4. The Morgan fingerprint density at radius 2 is 2.03 bits per heavy atom. The van der Waals surface area contributed by atoms with Crippen LogP contribution >= 0.6 is 15.9 Å². The minimum Gasteiger partial charge on any atom is -0.493 e. The van der Waals surface area contributed by atoms with Crippen LogP contribution in [0.3, 0.4) is 0 Å². The first-order chi connectivity index (χ1) is 15.5. The first kappa shape index (κ1) is 20.7. The molecule has 1 aromatic heterocycles. The number of fused-ring (bicyclic) bond motifs is 1.